The number of aromatic nitrogens is 3. The van der Waals surface area contributed by atoms with Crippen LogP contribution in [0.1, 0.15) is 36.6 Å². The normalized spacial score (nSPS) is 14.0. The maximum Gasteiger partial charge on any atom is 0.322 e. The van der Waals surface area contributed by atoms with Crippen LogP contribution in [0.25, 0.3) is 10.9 Å². The van der Waals surface area contributed by atoms with Gasteiger partial charge < -0.3 is 63.5 Å². The molecule has 21 nitrogen and oxygen atoms in total. The van der Waals surface area contributed by atoms with Crippen molar-refractivity contribution in [2.24, 2.45) is 11.5 Å². The number of imidazole rings is 1. The van der Waals surface area contributed by atoms with E-state index in [1.54, 1.807) is 42.6 Å². The maximum absolute atomic E-state index is 13.9. The number of carboxylic acid groups (broad SMARTS) is 1. The number of aliphatic hydroxyl groups is 1. The van der Waals surface area contributed by atoms with Gasteiger partial charge in [0.15, 0.2) is 0 Å². The lowest BCUT2D eigenvalue weighted by molar-refractivity contribution is -0.138. The van der Waals surface area contributed by atoms with Gasteiger partial charge in [-0.2, -0.15) is 0 Å². The van der Waals surface area contributed by atoms with Gasteiger partial charge in [0.2, 0.25) is 41.4 Å². The van der Waals surface area contributed by atoms with Gasteiger partial charge in [0.1, 0.15) is 36.8 Å². The molecule has 14 N–H and O–H groups in total. The molecule has 60 heavy (non-hydrogen) atoms. The van der Waals surface area contributed by atoms with Gasteiger partial charge in [-0.3, -0.25) is 38.4 Å². The number of nitrogens with zero attached hydrogens (tertiary/aromatic N) is 1. The molecule has 0 fully saturated rings. The number of nitrogens with two attached hydrogens (primary N) is 2. The number of carbonyl (C=O) groups excluding carboxylic acids is 7. The number of fused-ring (bicyclic) bond motifs is 1. The van der Waals surface area contributed by atoms with E-state index in [0.29, 0.717) is 16.8 Å². The highest BCUT2D eigenvalue weighted by molar-refractivity contribution is 5.96. The highest BCUT2D eigenvalue weighted by Gasteiger charge is 2.32. The molecular weight excluding hydrogens is 782 g/mol. The summed E-state index contributed by atoms with van der Waals surface area (Å²) >= 11 is 0. The Balaban J connectivity index is 1.49. The Hall–Kier alpha value is -7.13. The molecule has 0 aliphatic carbocycles. The maximum atomic E-state index is 13.9. The van der Waals surface area contributed by atoms with Crippen LogP contribution in [0.3, 0.4) is 0 Å². The number of para-hydroxylation sites is 1. The smallest absolute Gasteiger partial charge is 0.322 e. The van der Waals surface area contributed by atoms with Crippen molar-refractivity contribution >= 4 is 58.2 Å². The third kappa shape index (κ3) is 14.1. The van der Waals surface area contributed by atoms with Gasteiger partial charge in [-0.25, -0.2) is 4.98 Å². The van der Waals surface area contributed by atoms with Gasteiger partial charge in [-0.1, -0.05) is 48.5 Å². The molecule has 0 aliphatic rings. The Morgan fingerprint density at radius 1 is 0.717 bits per heavy atom. The van der Waals surface area contributed by atoms with Crippen LogP contribution in [0, 0.1) is 0 Å². The van der Waals surface area contributed by atoms with Crippen molar-refractivity contribution in [2.75, 3.05) is 13.1 Å². The van der Waals surface area contributed by atoms with Crippen LogP contribution in [-0.2, 0) is 57.6 Å². The van der Waals surface area contributed by atoms with Crippen molar-refractivity contribution in [3.05, 3.63) is 90.1 Å². The van der Waals surface area contributed by atoms with Crippen LogP contribution < -0.4 is 43.4 Å². The first-order valence-corrected chi connectivity index (χ1v) is 18.9. The second-order valence-corrected chi connectivity index (χ2v) is 13.9. The molecule has 0 aliphatic heterocycles. The molecule has 0 saturated carbocycles. The monoisotopic (exact) mass is 831 g/mol. The van der Waals surface area contributed by atoms with Crippen LogP contribution in [0.5, 0.6) is 0 Å². The van der Waals surface area contributed by atoms with Gasteiger partial charge in [0.05, 0.1) is 19.0 Å². The van der Waals surface area contributed by atoms with Gasteiger partial charge in [-0.05, 0) is 30.5 Å². The van der Waals surface area contributed by atoms with E-state index in [1.165, 1.54) is 19.4 Å². The fourth-order valence-corrected chi connectivity index (χ4v) is 6.02. The minimum Gasteiger partial charge on any atom is -0.480 e. The van der Waals surface area contributed by atoms with E-state index in [4.69, 9.17) is 16.6 Å². The van der Waals surface area contributed by atoms with E-state index in [-0.39, 0.29) is 32.1 Å². The van der Waals surface area contributed by atoms with Crippen molar-refractivity contribution in [1.82, 2.24) is 46.9 Å². The number of hydrogen-bond acceptors (Lipinski definition) is 11. The number of aromatic amines is 2. The summed E-state index contributed by atoms with van der Waals surface area (Å²) in [6.45, 7) is -0.0851. The number of carboxylic acids is 1. The Kier molecular flexibility index (Phi) is 16.8. The van der Waals surface area contributed by atoms with Crippen LogP contribution in [0.2, 0.25) is 0 Å². The van der Waals surface area contributed by atoms with Crippen molar-refractivity contribution in [3.63, 3.8) is 0 Å². The lowest BCUT2D eigenvalue weighted by Crippen LogP contribution is -2.58. The highest BCUT2D eigenvalue weighted by Crippen LogP contribution is 2.19. The largest absolute Gasteiger partial charge is 0.480 e. The number of rotatable bonds is 23. The minimum atomic E-state index is -1.47. The Bertz CT molecular complexity index is 2120. The van der Waals surface area contributed by atoms with Gasteiger partial charge >= 0.3 is 5.97 Å². The third-order valence-electron chi connectivity index (χ3n) is 9.25. The van der Waals surface area contributed by atoms with E-state index < -0.39 is 96.7 Å². The minimum absolute atomic E-state index is 0.0250. The van der Waals surface area contributed by atoms with Gasteiger partial charge in [-0.15, -0.1) is 0 Å². The number of aliphatic hydroxyl groups excluding tert-OH is 1. The van der Waals surface area contributed by atoms with Gasteiger partial charge in [0, 0.05) is 54.7 Å². The molecule has 7 amide bonds. The predicted molar refractivity (Wildman–Crippen MR) is 214 cm³/mol. The summed E-state index contributed by atoms with van der Waals surface area (Å²) in [6.07, 6.45) is 2.23. The summed E-state index contributed by atoms with van der Waals surface area (Å²) in [6, 6.07) is 9.01. The highest BCUT2D eigenvalue weighted by atomic mass is 16.4. The van der Waals surface area contributed by atoms with E-state index in [1.807, 2.05) is 18.2 Å². The van der Waals surface area contributed by atoms with E-state index in [2.05, 4.69) is 46.9 Å². The second-order valence-electron chi connectivity index (χ2n) is 13.9. The first-order valence-electron chi connectivity index (χ1n) is 18.9. The second kappa shape index (κ2) is 22.1. The summed E-state index contributed by atoms with van der Waals surface area (Å²) in [7, 11) is 0. The molecule has 6 atom stereocenters. The summed E-state index contributed by atoms with van der Waals surface area (Å²) < 4.78 is 0. The van der Waals surface area contributed by atoms with E-state index in [0.717, 1.165) is 10.9 Å². The number of carbonyl (C=O) groups is 8. The van der Waals surface area contributed by atoms with Crippen molar-refractivity contribution in [1.29, 1.82) is 0 Å². The number of hydrogen-bond donors (Lipinski definition) is 12. The molecule has 0 unspecified atom stereocenters. The first-order chi connectivity index (χ1) is 28.6. The van der Waals surface area contributed by atoms with Crippen molar-refractivity contribution in [2.45, 2.75) is 75.3 Å². The van der Waals surface area contributed by atoms with Crippen molar-refractivity contribution < 1.29 is 48.6 Å². The van der Waals surface area contributed by atoms with Gasteiger partial charge in [0.25, 0.3) is 0 Å². The molecule has 320 valence electrons. The topological polar surface area (TPSA) is 346 Å². The number of H-pyrrole nitrogens is 2. The fraction of sp³-hybridized carbons (Fsp3) is 0.359. The summed E-state index contributed by atoms with van der Waals surface area (Å²) in [5.74, 6) is -7.20. The molecule has 4 aromatic rings. The molecule has 2 aromatic heterocycles. The Labute approximate surface area is 343 Å². The van der Waals surface area contributed by atoms with Crippen LogP contribution in [0.4, 0.5) is 0 Å². The van der Waals surface area contributed by atoms with Crippen molar-refractivity contribution in [3.8, 4) is 0 Å². The first kappa shape index (κ1) is 45.6. The molecule has 21 heteroatoms. The SMILES string of the molecule is C[C@@H](O)[C@H](N)C(=O)N[C@@H](Cc1c[nH]c2ccccc12)C(=O)NCC(=O)N[C@@H](Cc1cnc[nH]1)C(=O)N[C@@H](CCC(N)=O)C(=O)N[C@@H](Cc1ccccc1)C(=O)NCC(=O)O. The number of benzene rings is 2. The van der Waals surface area contributed by atoms with E-state index >= 15 is 0 Å². The average molecular weight is 832 g/mol. The average Bonchev–Trinajstić information content (AvgIpc) is 3.89. The third-order valence-corrected chi connectivity index (χ3v) is 9.25. The number of nitrogens with one attached hydrogen (secondary N) is 8. The number of primary amides is 1. The molecule has 2 aromatic carbocycles. The van der Waals surface area contributed by atoms with Crippen LogP contribution in [-0.4, -0.2) is 122 Å². The quantitative estimate of drug-likeness (QED) is 0.0360. The molecule has 2 heterocycles. The molecule has 0 spiro atoms. The molecular formula is C39H49N11O10. The summed E-state index contributed by atoms with van der Waals surface area (Å²) in [5, 5.41) is 34.5. The predicted octanol–water partition coefficient (Wildman–Crippen LogP) is -2.85. The fourth-order valence-electron chi connectivity index (χ4n) is 6.02. The number of amides is 7. The lowest BCUT2D eigenvalue weighted by atomic mass is 10.0. The Morgan fingerprint density at radius 3 is 1.97 bits per heavy atom. The summed E-state index contributed by atoms with van der Waals surface area (Å²) in [4.78, 5) is 113. The van der Waals surface area contributed by atoms with E-state index in [9.17, 15) is 43.5 Å². The molecule has 0 radical (unpaired) electrons. The van der Waals surface area contributed by atoms with Crippen LogP contribution in [0.15, 0.2) is 73.3 Å². The standard InChI is InChI=1S/C39H49N11O10/c1-21(51)34(41)39(60)50-29(14-23-16-43-26-10-6-5-9-25(23)26)36(57)44-18-32(53)47-30(15-24-17-42-20-46-24)38(59)48-27(11-12-31(40)52)37(58)49-28(35(56)45-19-33(54)55)13-22-7-3-2-4-8-22/h2-10,16-17,20-21,27-30,34,43,51H,11-15,18-19,41H2,1H3,(H2,40,52)(H,42,46)(H,44,57)(H,45,56)(H,47,53)(H,48,59)(H,49,58)(H,50,60)(H,54,55)/t21-,27+,28+,29+,30+,34+/m1/s1. The number of aliphatic carboxylic acids is 1. The summed E-state index contributed by atoms with van der Waals surface area (Å²) in [5.41, 5.74) is 13.6. The zero-order valence-corrected chi connectivity index (χ0v) is 32.6. The molecule has 4 rings (SSSR count). The Morgan fingerprint density at radius 2 is 1.32 bits per heavy atom. The zero-order chi connectivity index (χ0) is 43.8. The van der Waals surface area contributed by atoms with Crippen LogP contribution >= 0.6 is 0 Å². The zero-order valence-electron chi connectivity index (χ0n) is 32.6. The molecule has 0 bridgehead atoms. The lowest BCUT2D eigenvalue weighted by Gasteiger charge is -2.25. The molecule has 0 saturated heterocycles.